The standard InChI is InChI=1S/C17H11FN2OS3/c18-12-5-2-1-4-10(12)8-24-17-19-15(21)14-11(9-23-16(14)20-17)13-6-3-7-22-13/h1-7,9H,8H2,(H,19,20,21). The van der Waals surface area contributed by atoms with Crippen molar-refractivity contribution in [2.45, 2.75) is 10.9 Å². The Hall–Kier alpha value is -1.96. The molecule has 0 amide bonds. The van der Waals surface area contributed by atoms with Crippen LogP contribution in [0.15, 0.2) is 57.1 Å². The van der Waals surface area contributed by atoms with Gasteiger partial charge in [0.05, 0.1) is 5.39 Å². The topological polar surface area (TPSA) is 45.8 Å². The number of H-pyrrole nitrogens is 1. The lowest BCUT2D eigenvalue weighted by molar-refractivity contribution is 0.617. The maximum atomic E-state index is 13.7. The van der Waals surface area contributed by atoms with Gasteiger partial charge in [-0.25, -0.2) is 9.37 Å². The molecule has 7 heteroatoms. The normalized spacial score (nSPS) is 11.2. The number of thioether (sulfide) groups is 1. The van der Waals surface area contributed by atoms with Crippen LogP contribution in [-0.2, 0) is 5.75 Å². The fourth-order valence-electron chi connectivity index (χ4n) is 2.37. The molecule has 0 aliphatic carbocycles. The van der Waals surface area contributed by atoms with E-state index in [9.17, 15) is 9.18 Å². The quantitative estimate of drug-likeness (QED) is 0.397. The lowest BCUT2D eigenvalue weighted by Crippen LogP contribution is -2.08. The van der Waals surface area contributed by atoms with Crippen molar-refractivity contribution in [3.63, 3.8) is 0 Å². The Kier molecular flexibility index (Phi) is 4.22. The van der Waals surface area contributed by atoms with Gasteiger partial charge >= 0.3 is 0 Å². The van der Waals surface area contributed by atoms with Crippen LogP contribution in [0.2, 0.25) is 0 Å². The molecule has 3 aromatic heterocycles. The molecule has 1 N–H and O–H groups in total. The number of aromatic amines is 1. The molecular formula is C17H11FN2OS3. The molecule has 4 rings (SSSR count). The van der Waals surface area contributed by atoms with Gasteiger partial charge < -0.3 is 4.98 Å². The average molecular weight is 374 g/mol. The molecule has 0 atom stereocenters. The third kappa shape index (κ3) is 2.90. The summed E-state index contributed by atoms with van der Waals surface area (Å²) >= 11 is 4.38. The van der Waals surface area contributed by atoms with Gasteiger partial charge in [0.25, 0.3) is 5.56 Å². The molecular weight excluding hydrogens is 363 g/mol. The minimum atomic E-state index is -0.246. The third-order valence-electron chi connectivity index (χ3n) is 3.53. The van der Waals surface area contributed by atoms with Crippen LogP contribution in [0, 0.1) is 5.82 Å². The van der Waals surface area contributed by atoms with E-state index in [1.165, 1.54) is 29.2 Å². The van der Waals surface area contributed by atoms with Gasteiger partial charge in [0.2, 0.25) is 0 Å². The summed E-state index contributed by atoms with van der Waals surface area (Å²) in [5.74, 6) is 0.175. The van der Waals surface area contributed by atoms with Crippen LogP contribution >= 0.6 is 34.4 Å². The van der Waals surface area contributed by atoms with Crippen LogP contribution in [0.5, 0.6) is 0 Å². The molecule has 1 aromatic carbocycles. The van der Waals surface area contributed by atoms with Crippen molar-refractivity contribution < 1.29 is 4.39 Å². The Labute approximate surface area is 149 Å². The Bertz CT molecular complexity index is 1050. The highest BCUT2D eigenvalue weighted by Crippen LogP contribution is 2.34. The molecule has 3 heterocycles. The number of rotatable bonds is 4. The largest absolute Gasteiger partial charge is 0.301 e. The van der Waals surface area contributed by atoms with Crippen molar-refractivity contribution in [2.75, 3.05) is 0 Å². The van der Waals surface area contributed by atoms with Crippen LogP contribution < -0.4 is 5.56 Å². The molecule has 0 radical (unpaired) electrons. The smallest absolute Gasteiger partial charge is 0.260 e. The van der Waals surface area contributed by atoms with Crippen LogP contribution in [0.4, 0.5) is 4.39 Å². The predicted molar refractivity (Wildman–Crippen MR) is 99.5 cm³/mol. The third-order valence-corrected chi connectivity index (χ3v) is 6.23. The van der Waals surface area contributed by atoms with Crippen molar-refractivity contribution in [3.8, 4) is 10.4 Å². The van der Waals surface area contributed by atoms with Crippen molar-refractivity contribution in [2.24, 2.45) is 0 Å². The van der Waals surface area contributed by atoms with Crippen LogP contribution in [0.25, 0.3) is 20.7 Å². The van der Waals surface area contributed by atoms with E-state index in [0.717, 1.165) is 10.4 Å². The van der Waals surface area contributed by atoms with Crippen LogP contribution in [0.1, 0.15) is 5.56 Å². The highest BCUT2D eigenvalue weighted by Gasteiger charge is 2.14. The molecule has 0 saturated carbocycles. The first-order valence-corrected chi connectivity index (χ1v) is 9.88. The number of fused-ring (bicyclic) bond motifs is 1. The maximum absolute atomic E-state index is 13.7. The summed E-state index contributed by atoms with van der Waals surface area (Å²) in [6.07, 6.45) is 0. The summed E-state index contributed by atoms with van der Waals surface area (Å²) in [6, 6.07) is 10.6. The van der Waals surface area contributed by atoms with Crippen molar-refractivity contribution in [3.05, 3.63) is 68.9 Å². The zero-order chi connectivity index (χ0) is 16.5. The van der Waals surface area contributed by atoms with Gasteiger partial charge in [-0.3, -0.25) is 4.79 Å². The SMILES string of the molecule is O=c1[nH]c(SCc2ccccc2F)nc2scc(-c3cccs3)c12. The second-order valence-electron chi connectivity index (χ2n) is 5.06. The van der Waals surface area contributed by atoms with Crippen molar-refractivity contribution >= 4 is 44.7 Å². The molecule has 24 heavy (non-hydrogen) atoms. The lowest BCUT2D eigenvalue weighted by atomic mass is 10.2. The van der Waals surface area contributed by atoms with E-state index in [2.05, 4.69) is 9.97 Å². The summed E-state index contributed by atoms with van der Waals surface area (Å²) in [5, 5.41) is 5.08. The first-order chi connectivity index (χ1) is 11.7. The monoisotopic (exact) mass is 374 g/mol. The van der Waals surface area contributed by atoms with E-state index in [-0.39, 0.29) is 11.4 Å². The van der Waals surface area contributed by atoms with Gasteiger partial charge in [-0.05, 0) is 23.1 Å². The zero-order valence-electron chi connectivity index (χ0n) is 12.3. The van der Waals surface area contributed by atoms with E-state index in [4.69, 9.17) is 0 Å². The molecule has 0 fully saturated rings. The Morgan fingerprint density at radius 3 is 2.83 bits per heavy atom. The number of benzene rings is 1. The fourth-order valence-corrected chi connectivity index (χ4v) is 5.04. The van der Waals surface area contributed by atoms with Gasteiger partial charge in [0.1, 0.15) is 10.6 Å². The number of halogens is 1. The molecule has 0 unspecified atom stereocenters. The van der Waals surface area contributed by atoms with Crippen LogP contribution in [-0.4, -0.2) is 9.97 Å². The number of nitrogens with zero attached hydrogens (tertiary/aromatic N) is 1. The minimum Gasteiger partial charge on any atom is -0.301 e. The Balaban J connectivity index is 1.67. The summed E-state index contributed by atoms with van der Waals surface area (Å²) < 4.78 is 13.7. The average Bonchev–Trinajstić information content (AvgIpc) is 3.23. The number of hydrogen-bond acceptors (Lipinski definition) is 5. The highest BCUT2D eigenvalue weighted by atomic mass is 32.2. The molecule has 0 aliphatic rings. The molecule has 4 aromatic rings. The van der Waals surface area contributed by atoms with Gasteiger partial charge in [-0.1, -0.05) is 36.0 Å². The molecule has 120 valence electrons. The Morgan fingerprint density at radius 1 is 1.17 bits per heavy atom. The van der Waals surface area contributed by atoms with Crippen molar-refractivity contribution in [1.82, 2.24) is 9.97 Å². The highest BCUT2D eigenvalue weighted by molar-refractivity contribution is 7.98. The molecule has 3 nitrogen and oxygen atoms in total. The number of thiophene rings is 2. The summed E-state index contributed by atoms with van der Waals surface area (Å²) in [4.78, 5) is 21.6. The minimum absolute atomic E-state index is 0.152. The summed E-state index contributed by atoms with van der Waals surface area (Å²) in [7, 11) is 0. The number of nitrogens with one attached hydrogen (secondary N) is 1. The van der Waals surface area contributed by atoms with Gasteiger partial charge in [0, 0.05) is 21.6 Å². The second-order valence-corrected chi connectivity index (χ2v) is 7.83. The maximum Gasteiger partial charge on any atom is 0.260 e. The molecule has 0 spiro atoms. The van der Waals surface area contributed by atoms with E-state index < -0.39 is 0 Å². The Morgan fingerprint density at radius 2 is 2.04 bits per heavy atom. The molecule has 0 saturated heterocycles. The second kappa shape index (κ2) is 6.51. The van der Waals surface area contributed by atoms with Crippen molar-refractivity contribution in [1.29, 1.82) is 0 Å². The zero-order valence-corrected chi connectivity index (χ0v) is 14.7. The lowest BCUT2D eigenvalue weighted by Gasteiger charge is -2.03. The first kappa shape index (κ1) is 15.6. The van der Waals surface area contributed by atoms with Crippen LogP contribution in [0.3, 0.4) is 0 Å². The predicted octanol–water partition coefficient (Wildman–Crippen LogP) is 5.14. The number of aromatic nitrogens is 2. The summed E-state index contributed by atoms with van der Waals surface area (Å²) in [5.41, 5.74) is 1.36. The van der Waals surface area contributed by atoms with Gasteiger partial charge in [-0.2, -0.15) is 0 Å². The van der Waals surface area contributed by atoms with E-state index in [1.54, 1.807) is 29.5 Å². The molecule has 0 bridgehead atoms. The number of hydrogen-bond donors (Lipinski definition) is 1. The first-order valence-electron chi connectivity index (χ1n) is 7.14. The summed E-state index contributed by atoms with van der Waals surface area (Å²) in [6.45, 7) is 0. The van der Waals surface area contributed by atoms with E-state index in [0.29, 0.717) is 26.7 Å². The van der Waals surface area contributed by atoms with E-state index >= 15 is 0 Å². The molecule has 0 aliphatic heterocycles. The van der Waals surface area contributed by atoms with E-state index in [1.807, 2.05) is 22.9 Å². The van der Waals surface area contributed by atoms with Gasteiger partial charge in [0.15, 0.2) is 5.16 Å². The van der Waals surface area contributed by atoms with Gasteiger partial charge in [-0.15, -0.1) is 22.7 Å². The fraction of sp³-hybridized carbons (Fsp3) is 0.0588.